The van der Waals surface area contributed by atoms with Crippen LogP contribution < -0.4 is 10.6 Å². The van der Waals surface area contributed by atoms with E-state index in [-0.39, 0.29) is 12.1 Å². The maximum absolute atomic E-state index is 12.0. The lowest BCUT2D eigenvalue weighted by Gasteiger charge is -2.33. The van der Waals surface area contributed by atoms with Crippen LogP contribution in [0.2, 0.25) is 0 Å². The third kappa shape index (κ3) is 2.66. The van der Waals surface area contributed by atoms with Gasteiger partial charge in [0.2, 0.25) is 0 Å². The van der Waals surface area contributed by atoms with E-state index in [4.69, 9.17) is 0 Å². The quantitative estimate of drug-likeness (QED) is 0.836. The third-order valence-electron chi connectivity index (χ3n) is 3.69. The first-order chi connectivity index (χ1) is 8.76. The molecule has 1 aliphatic rings. The summed E-state index contributed by atoms with van der Waals surface area (Å²) in [6, 6.07) is 7.71. The zero-order valence-electron chi connectivity index (χ0n) is 11.2. The average molecular weight is 246 g/mol. The van der Waals surface area contributed by atoms with Gasteiger partial charge in [-0.1, -0.05) is 38.8 Å². The lowest BCUT2D eigenvalue weighted by molar-refractivity contribution is 0.0919. The van der Waals surface area contributed by atoms with E-state index < -0.39 is 0 Å². The number of amides is 1. The Hall–Kier alpha value is -1.51. The minimum atomic E-state index is 0.0456. The summed E-state index contributed by atoms with van der Waals surface area (Å²) in [4.78, 5) is 12.0. The molecule has 1 heterocycles. The molecule has 0 bridgehead atoms. The van der Waals surface area contributed by atoms with Gasteiger partial charge in [-0.15, -0.1) is 0 Å². The standard InChI is InChI=1S/C15H22N2O/c1-3-5-8-11(4-2)14-16-13-10-7-6-9-12(13)15(18)17-14/h6-7,9-11,14,16H,3-5,8H2,1-2H3,(H,17,18)/t11-,14?/m0/s1. The van der Waals surface area contributed by atoms with Crippen LogP contribution in [-0.4, -0.2) is 12.1 Å². The smallest absolute Gasteiger partial charge is 0.254 e. The first kappa shape index (κ1) is 12.9. The van der Waals surface area contributed by atoms with Crippen LogP contribution >= 0.6 is 0 Å². The van der Waals surface area contributed by atoms with Gasteiger partial charge in [0.25, 0.3) is 5.91 Å². The highest BCUT2D eigenvalue weighted by molar-refractivity contribution is 6.01. The first-order valence-electron chi connectivity index (χ1n) is 6.92. The summed E-state index contributed by atoms with van der Waals surface area (Å²) in [6.45, 7) is 4.39. The number of para-hydroxylation sites is 1. The van der Waals surface area contributed by atoms with Gasteiger partial charge in [-0.2, -0.15) is 0 Å². The van der Waals surface area contributed by atoms with E-state index in [0.717, 1.165) is 24.1 Å². The van der Waals surface area contributed by atoms with Crippen molar-refractivity contribution in [1.82, 2.24) is 5.32 Å². The molecule has 0 aromatic heterocycles. The van der Waals surface area contributed by atoms with E-state index in [9.17, 15) is 4.79 Å². The van der Waals surface area contributed by atoms with Crippen molar-refractivity contribution in [2.75, 3.05) is 5.32 Å². The Morgan fingerprint density at radius 2 is 2.00 bits per heavy atom. The van der Waals surface area contributed by atoms with Crippen LogP contribution in [0.3, 0.4) is 0 Å². The van der Waals surface area contributed by atoms with Gasteiger partial charge < -0.3 is 10.6 Å². The predicted octanol–water partition coefficient (Wildman–Crippen LogP) is 3.38. The first-order valence-corrected chi connectivity index (χ1v) is 6.92. The summed E-state index contributed by atoms with van der Waals surface area (Å²) in [5.74, 6) is 0.548. The van der Waals surface area contributed by atoms with Gasteiger partial charge >= 0.3 is 0 Å². The molecule has 1 amide bonds. The zero-order valence-corrected chi connectivity index (χ0v) is 11.2. The van der Waals surface area contributed by atoms with Crippen molar-refractivity contribution in [2.45, 2.75) is 45.7 Å². The molecule has 0 aliphatic carbocycles. The normalized spacial score (nSPS) is 19.7. The fraction of sp³-hybridized carbons (Fsp3) is 0.533. The Morgan fingerprint density at radius 1 is 1.22 bits per heavy atom. The maximum Gasteiger partial charge on any atom is 0.254 e. The highest BCUT2D eigenvalue weighted by Gasteiger charge is 2.27. The molecule has 2 N–H and O–H groups in total. The van der Waals surface area contributed by atoms with Gasteiger partial charge in [-0.05, 0) is 30.9 Å². The van der Waals surface area contributed by atoms with E-state index in [1.807, 2.05) is 24.3 Å². The summed E-state index contributed by atoms with van der Waals surface area (Å²) in [7, 11) is 0. The molecule has 18 heavy (non-hydrogen) atoms. The highest BCUT2D eigenvalue weighted by Crippen LogP contribution is 2.25. The molecular formula is C15H22N2O. The Balaban J connectivity index is 2.11. The number of hydrogen-bond acceptors (Lipinski definition) is 2. The van der Waals surface area contributed by atoms with E-state index >= 15 is 0 Å². The fourth-order valence-electron chi connectivity index (χ4n) is 2.54. The van der Waals surface area contributed by atoms with Gasteiger partial charge in [0, 0.05) is 5.69 Å². The largest absolute Gasteiger partial charge is 0.364 e. The number of rotatable bonds is 5. The molecule has 0 saturated carbocycles. The van der Waals surface area contributed by atoms with Crippen LogP contribution in [0.4, 0.5) is 5.69 Å². The van der Waals surface area contributed by atoms with Gasteiger partial charge in [-0.3, -0.25) is 4.79 Å². The summed E-state index contributed by atoms with van der Waals surface area (Å²) in [5, 5.41) is 6.54. The minimum absolute atomic E-state index is 0.0456. The van der Waals surface area contributed by atoms with E-state index in [0.29, 0.717) is 5.92 Å². The second-order valence-electron chi connectivity index (χ2n) is 4.95. The molecule has 1 aliphatic heterocycles. The molecule has 3 nitrogen and oxygen atoms in total. The van der Waals surface area contributed by atoms with Crippen LogP contribution in [0.25, 0.3) is 0 Å². The molecule has 1 aromatic rings. The molecule has 2 atom stereocenters. The molecule has 2 rings (SSSR count). The number of carbonyl (C=O) groups is 1. The number of unbranched alkanes of at least 4 members (excludes halogenated alkanes) is 1. The molecule has 0 saturated heterocycles. The molecule has 0 fully saturated rings. The Morgan fingerprint density at radius 3 is 2.72 bits per heavy atom. The molecule has 98 valence electrons. The van der Waals surface area contributed by atoms with Gasteiger partial charge in [0.1, 0.15) is 6.17 Å². The molecule has 1 aromatic carbocycles. The molecule has 0 spiro atoms. The molecule has 3 heteroatoms. The topological polar surface area (TPSA) is 41.1 Å². The lowest BCUT2D eigenvalue weighted by atomic mass is 9.94. The van der Waals surface area contributed by atoms with Crippen LogP contribution in [0.1, 0.15) is 49.9 Å². The molecule has 0 radical (unpaired) electrons. The van der Waals surface area contributed by atoms with Crippen LogP contribution in [0.15, 0.2) is 24.3 Å². The predicted molar refractivity (Wildman–Crippen MR) is 74.6 cm³/mol. The lowest BCUT2D eigenvalue weighted by Crippen LogP contribution is -2.49. The highest BCUT2D eigenvalue weighted by atomic mass is 16.2. The molecule has 1 unspecified atom stereocenters. The molecular weight excluding hydrogens is 224 g/mol. The van der Waals surface area contributed by atoms with E-state index in [1.54, 1.807) is 0 Å². The fourth-order valence-corrected chi connectivity index (χ4v) is 2.54. The van der Waals surface area contributed by atoms with Crippen molar-refractivity contribution in [3.8, 4) is 0 Å². The second-order valence-corrected chi connectivity index (χ2v) is 4.95. The Kier molecular flexibility index (Phi) is 4.24. The van der Waals surface area contributed by atoms with Gasteiger partial charge in [-0.25, -0.2) is 0 Å². The van der Waals surface area contributed by atoms with Crippen LogP contribution in [-0.2, 0) is 0 Å². The third-order valence-corrected chi connectivity index (χ3v) is 3.69. The van der Waals surface area contributed by atoms with Crippen molar-refractivity contribution >= 4 is 11.6 Å². The summed E-state index contributed by atoms with van der Waals surface area (Å²) < 4.78 is 0. The van der Waals surface area contributed by atoms with Crippen molar-refractivity contribution in [3.05, 3.63) is 29.8 Å². The minimum Gasteiger partial charge on any atom is -0.364 e. The monoisotopic (exact) mass is 246 g/mol. The number of anilines is 1. The van der Waals surface area contributed by atoms with Crippen molar-refractivity contribution in [1.29, 1.82) is 0 Å². The van der Waals surface area contributed by atoms with E-state index in [2.05, 4.69) is 24.5 Å². The number of benzene rings is 1. The second kappa shape index (κ2) is 5.89. The van der Waals surface area contributed by atoms with Crippen LogP contribution in [0.5, 0.6) is 0 Å². The van der Waals surface area contributed by atoms with Gasteiger partial charge in [0.15, 0.2) is 0 Å². The van der Waals surface area contributed by atoms with E-state index in [1.165, 1.54) is 12.8 Å². The zero-order chi connectivity index (χ0) is 13.0. The maximum atomic E-state index is 12.0. The summed E-state index contributed by atoms with van der Waals surface area (Å²) in [5.41, 5.74) is 1.71. The summed E-state index contributed by atoms with van der Waals surface area (Å²) >= 11 is 0. The SMILES string of the molecule is CCCC[C@H](CC)C1NC(=O)c2ccccc2N1. The Bertz CT molecular complexity index is 417. The van der Waals surface area contributed by atoms with Gasteiger partial charge in [0.05, 0.1) is 5.56 Å². The Labute approximate surface area is 109 Å². The van der Waals surface area contributed by atoms with Crippen molar-refractivity contribution in [3.63, 3.8) is 0 Å². The number of hydrogen-bond donors (Lipinski definition) is 2. The van der Waals surface area contributed by atoms with Crippen molar-refractivity contribution < 1.29 is 4.79 Å². The summed E-state index contributed by atoms with van der Waals surface area (Å²) in [6.07, 6.45) is 4.73. The number of carbonyl (C=O) groups excluding carboxylic acids is 1. The average Bonchev–Trinajstić information content (AvgIpc) is 2.40. The van der Waals surface area contributed by atoms with Crippen LogP contribution in [0, 0.1) is 5.92 Å². The van der Waals surface area contributed by atoms with Crippen molar-refractivity contribution in [2.24, 2.45) is 5.92 Å². The number of nitrogens with one attached hydrogen (secondary N) is 2. The number of fused-ring (bicyclic) bond motifs is 1.